The molecule has 1 atom stereocenters. The molecule has 1 aromatic carbocycles. The summed E-state index contributed by atoms with van der Waals surface area (Å²) in [6.45, 7) is 0.956. The molecule has 1 nitrogen and oxygen atoms in total. The van der Waals surface area contributed by atoms with Gasteiger partial charge in [-0.05, 0) is 47.4 Å². The Morgan fingerprint density at radius 1 is 1.50 bits per heavy atom. The second-order valence-corrected chi connectivity index (χ2v) is 4.70. The molecular weight excluding hydrogens is 268 g/mol. The fourth-order valence-corrected chi connectivity index (χ4v) is 2.24. The number of hydrogen-bond donors (Lipinski definition) is 1. The molecule has 1 aliphatic heterocycles. The predicted octanol–water partition coefficient (Wildman–Crippen LogP) is 3.67. The van der Waals surface area contributed by atoms with Gasteiger partial charge in [0.25, 0.3) is 0 Å². The summed E-state index contributed by atoms with van der Waals surface area (Å²) in [5.41, 5.74) is 0.677. The van der Waals surface area contributed by atoms with E-state index in [0.29, 0.717) is 15.1 Å². The summed E-state index contributed by atoms with van der Waals surface area (Å²) in [6, 6.07) is 3.25. The molecule has 2 rings (SSSR count). The van der Waals surface area contributed by atoms with Crippen LogP contribution in [0, 0.1) is 5.82 Å². The minimum atomic E-state index is -0.194. The number of hydrogen-bond acceptors (Lipinski definition) is 1. The lowest BCUT2D eigenvalue weighted by molar-refractivity contribution is 0.558. The molecule has 0 bridgehead atoms. The molecular formula is C10H10BrClFN. The van der Waals surface area contributed by atoms with E-state index >= 15 is 0 Å². The normalized spacial score (nSPS) is 21.5. The quantitative estimate of drug-likeness (QED) is 0.773. The molecule has 14 heavy (non-hydrogen) atoms. The molecule has 0 aliphatic carbocycles. The van der Waals surface area contributed by atoms with Gasteiger partial charge in [0.1, 0.15) is 5.82 Å². The SMILES string of the molecule is Fc1cc(Br)c(Cl)cc1C1CCCN1. The highest BCUT2D eigenvalue weighted by Gasteiger charge is 2.20. The summed E-state index contributed by atoms with van der Waals surface area (Å²) >= 11 is 9.12. The van der Waals surface area contributed by atoms with Gasteiger partial charge >= 0.3 is 0 Å². The maximum atomic E-state index is 13.6. The van der Waals surface area contributed by atoms with Crippen molar-refractivity contribution in [2.24, 2.45) is 0 Å². The second-order valence-electron chi connectivity index (χ2n) is 3.44. The molecule has 1 aromatic rings. The monoisotopic (exact) mass is 277 g/mol. The minimum Gasteiger partial charge on any atom is -0.310 e. The summed E-state index contributed by atoms with van der Waals surface area (Å²) in [6.07, 6.45) is 2.08. The van der Waals surface area contributed by atoms with Crippen LogP contribution in [-0.2, 0) is 0 Å². The van der Waals surface area contributed by atoms with Gasteiger partial charge in [0.05, 0.1) is 5.02 Å². The Balaban J connectivity index is 2.37. The van der Waals surface area contributed by atoms with Crippen molar-refractivity contribution in [2.45, 2.75) is 18.9 Å². The molecule has 1 saturated heterocycles. The van der Waals surface area contributed by atoms with E-state index in [-0.39, 0.29) is 11.9 Å². The van der Waals surface area contributed by atoms with Crippen LogP contribution in [0.2, 0.25) is 5.02 Å². The van der Waals surface area contributed by atoms with E-state index in [1.54, 1.807) is 6.07 Å². The Bertz CT molecular complexity index is 350. The molecule has 1 aliphatic rings. The summed E-state index contributed by atoms with van der Waals surface area (Å²) in [7, 11) is 0. The molecule has 1 N–H and O–H groups in total. The van der Waals surface area contributed by atoms with Crippen molar-refractivity contribution in [3.05, 3.63) is 33.0 Å². The Kier molecular flexibility index (Phi) is 3.10. The zero-order chi connectivity index (χ0) is 10.1. The van der Waals surface area contributed by atoms with E-state index in [0.717, 1.165) is 19.4 Å². The molecule has 0 saturated carbocycles. The first-order valence-electron chi connectivity index (χ1n) is 4.56. The lowest BCUT2D eigenvalue weighted by Crippen LogP contribution is -2.14. The highest BCUT2D eigenvalue weighted by Crippen LogP contribution is 2.31. The van der Waals surface area contributed by atoms with Crippen LogP contribution in [-0.4, -0.2) is 6.54 Å². The van der Waals surface area contributed by atoms with E-state index in [9.17, 15) is 4.39 Å². The summed E-state index contributed by atoms with van der Waals surface area (Å²) in [4.78, 5) is 0. The topological polar surface area (TPSA) is 12.0 Å². The molecule has 0 radical (unpaired) electrons. The lowest BCUT2D eigenvalue weighted by Gasteiger charge is -2.12. The van der Waals surface area contributed by atoms with Crippen molar-refractivity contribution in [3.8, 4) is 0 Å². The van der Waals surface area contributed by atoms with Crippen molar-refractivity contribution in [1.82, 2.24) is 5.32 Å². The van der Waals surface area contributed by atoms with Crippen molar-refractivity contribution >= 4 is 27.5 Å². The highest BCUT2D eigenvalue weighted by molar-refractivity contribution is 9.10. The molecule has 76 valence electrons. The van der Waals surface area contributed by atoms with Gasteiger partial charge in [0, 0.05) is 16.1 Å². The zero-order valence-electron chi connectivity index (χ0n) is 7.49. The van der Waals surface area contributed by atoms with Gasteiger partial charge in [-0.25, -0.2) is 4.39 Å². The van der Waals surface area contributed by atoms with Gasteiger partial charge in [-0.2, -0.15) is 0 Å². The molecule has 1 heterocycles. The van der Waals surface area contributed by atoms with Gasteiger partial charge in [-0.3, -0.25) is 0 Å². The third-order valence-corrected chi connectivity index (χ3v) is 3.67. The van der Waals surface area contributed by atoms with Crippen LogP contribution < -0.4 is 5.32 Å². The number of halogens is 3. The summed E-state index contributed by atoms with van der Waals surface area (Å²) in [5, 5.41) is 3.81. The van der Waals surface area contributed by atoms with Crippen LogP contribution in [0.3, 0.4) is 0 Å². The van der Waals surface area contributed by atoms with Crippen molar-refractivity contribution in [3.63, 3.8) is 0 Å². The average Bonchev–Trinajstić information content (AvgIpc) is 2.64. The van der Waals surface area contributed by atoms with E-state index in [4.69, 9.17) is 11.6 Å². The number of benzene rings is 1. The van der Waals surface area contributed by atoms with E-state index in [1.807, 2.05) is 0 Å². The Morgan fingerprint density at radius 2 is 2.29 bits per heavy atom. The maximum absolute atomic E-state index is 13.6. The summed E-state index contributed by atoms with van der Waals surface area (Å²) in [5.74, 6) is -0.194. The van der Waals surface area contributed by atoms with Crippen LogP contribution in [0.1, 0.15) is 24.4 Å². The van der Waals surface area contributed by atoms with E-state index < -0.39 is 0 Å². The molecule has 0 amide bonds. The standard InChI is InChI=1S/C10H10BrClFN/c11-7-5-9(13)6(4-8(7)12)10-2-1-3-14-10/h4-5,10,14H,1-3H2. The van der Waals surface area contributed by atoms with Gasteiger partial charge < -0.3 is 5.32 Å². The maximum Gasteiger partial charge on any atom is 0.129 e. The van der Waals surface area contributed by atoms with Gasteiger partial charge in [-0.15, -0.1) is 0 Å². The third kappa shape index (κ3) is 1.95. The van der Waals surface area contributed by atoms with Crippen LogP contribution in [0.15, 0.2) is 16.6 Å². The summed E-state index contributed by atoms with van der Waals surface area (Å²) < 4.78 is 14.2. The third-order valence-electron chi connectivity index (χ3n) is 2.48. The molecule has 1 fully saturated rings. The first kappa shape index (κ1) is 10.4. The fourth-order valence-electron chi connectivity index (χ4n) is 1.75. The molecule has 0 spiro atoms. The highest BCUT2D eigenvalue weighted by atomic mass is 79.9. The number of nitrogens with one attached hydrogen (secondary N) is 1. The van der Waals surface area contributed by atoms with Crippen LogP contribution in [0.4, 0.5) is 4.39 Å². The smallest absolute Gasteiger partial charge is 0.129 e. The zero-order valence-corrected chi connectivity index (χ0v) is 9.83. The van der Waals surface area contributed by atoms with E-state index in [1.165, 1.54) is 6.07 Å². The number of rotatable bonds is 1. The molecule has 1 unspecified atom stereocenters. The molecule has 4 heteroatoms. The average molecular weight is 279 g/mol. The van der Waals surface area contributed by atoms with Gasteiger partial charge in [-0.1, -0.05) is 11.6 Å². The van der Waals surface area contributed by atoms with Gasteiger partial charge in [0.2, 0.25) is 0 Å². The Morgan fingerprint density at radius 3 is 2.93 bits per heavy atom. The minimum absolute atomic E-state index is 0.126. The van der Waals surface area contributed by atoms with Crippen LogP contribution in [0.5, 0.6) is 0 Å². The van der Waals surface area contributed by atoms with E-state index in [2.05, 4.69) is 21.2 Å². The Labute approximate surface area is 95.8 Å². The lowest BCUT2D eigenvalue weighted by atomic mass is 10.1. The van der Waals surface area contributed by atoms with Crippen LogP contribution >= 0.6 is 27.5 Å². The largest absolute Gasteiger partial charge is 0.310 e. The van der Waals surface area contributed by atoms with Gasteiger partial charge in [0.15, 0.2) is 0 Å². The fraction of sp³-hybridized carbons (Fsp3) is 0.400. The van der Waals surface area contributed by atoms with Crippen LogP contribution in [0.25, 0.3) is 0 Å². The molecule has 0 aromatic heterocycles. The predicted molar refractivity (Wildman–Crippen MR) is 59.1 cm³/mol. The second kappa shape index (κ2) is 4.17. The van der Waals surface area contributed by atoms with Crippen molar-refractivity contribution in [2.75, 3.05) is 6.54 Å². The first-order chi connectivity index (χ1) is 6.68. The Hall–Kier alpha value is -0.120. The van der Waals surface area contributed by atoms with Crippen molar-refractivity contribution in [1.29, 1.82) is 0 Å². The van der Waals surface area contributed by atoms with Crippen molar-refractivity contribution < 1.29 is 4.39 Å². The first-order valence-corrected chi connectivity index (χ1v) is 5.73.